The molecule has 0 saturated carbocycles. The van der Waals surface area contributed by atoms with Crippen LogP contribution in [0.5, 0.6) is 5.75 Å². The van der Waals surface area contributed by atoms with Gasteiger partial charge in [0.25, 0.3) is 5.91 Å². The second kappa shape index (κ2) is 8.78. The van der Waals surface area contributed by atoms with Crippen LogP contribution in [0.15, 0.2) is 30.5 Å². The summed E-state index contributed by atoms with van der Waals surface area (Å²) in [7, 11) is 1.57. The van der Waals surface area contributed by atoms with Crippen molar-refractivity contribution in [3.63, 3.8) is 0 Å². The minimum atomic E-state index is -0.320. The average molecular weight is 439 g/mol. The molecular weight excluding hydrogens is 408 g/mol. The van der Waals surface area contributed by atoms with E-state index in [0.717, 1.165) is 18.4 Å². The van der Waals surface area contributed by atoms with Gasteiger partial charge in [-0.05, 0) is 42.0 Å². The fraction of sp³-hybridized carbons (Fsp3) is 0.458. The number of aromatic nitrogens is 1. The maximum absolute atomic E-state index is 13.1. The number of nitrogens with zero attached hydrogens (tertiary/aromatic N) is 2. The van der Waals surface area contributed by atoms with Gasteiger partial charge in [0, 0.05) is 12.8 Å². The summed E-state index contributed by atoms with van der Waals surface area (Å²) in [5.74, 6) is 0.784. The molecule has 2 N–H and O–H groups in total. The molecule has 2 amide bonds. The zero-order chi connectivity index (χ0) is 22.9. The zero-order valence-electron chi connectivity index (χ0n) is 19.0. The SMILES string of the molecule is COc1ccc(C(C)(C)C)cc1NC(=O)c1cnc2c(c1)N(CC1CCCO1)C(=O)CN2. The maximum Gasteiger partial charge on any atom is 0.257 e. The Balaban J connectivity index is 1.60. The van der Waals surface area contributed by atoms with Crippen molar-refractivity contribution in [3.8, 4) is 5.75 Å². The molecule has 32 heavy (non-hydrogen) atoms. The van der Waals surface area contributed by atoms with Gasteiger partial charge in [0.1, 0.15) is 11.6 Å². The van der Waals surface area contributed by atoms with Crippen molar-refractivity contribution in [3.05, 3.63) is 41.6 Å². The Kier molecular flexibility index (Phi) is 6.06. The second-order valence-electron chi connectivity index (χ2n) is 9.20. The van der Waals surface area contributed by atoms with Gasteiger partial charge >= 0.3 is 0 Å². The number of carbonyl (C=O) groups is 2. The number of pyridine rings is 1. The van der Waals surface area contributed by atoms with E-state index in [1.807, 2.05) is 18.2 Å². The van der Waals surface area contributed by atoms with Crippen LogP contribution in [0.4, 0.5) is 17.2 Å². The largest absolute Gasteiger partial charge is 0.495 e. The first kappa shape index (κ1) is 22.1. The van der Waals surface area contributed by atoms with Crippen molar-refractivity contribution >= 4 is 29.0 Å². The third-order valence-corrected chi connectivity index (χ3v) is 5.85. The van der Waals surface area contributed by atoms with Gasteiger partial charge in [-0.1, -0.05) is 26.8 Å². The summed E-state index contributed by atoms with van der Waals surface area (Å²) in [5.41, 5.74) is 2.55. The Morgan fingerprint density at radius 3 is 2.84 bits per heavy atom. The Labute approximate surface area is 188 Å². The van der Waals surface area contributed by atoms with Crippen molar-refractivity contribution in [1.29, 1.82) is 0 Å². The number of fused-ring (bicyclic) bond motifs is 1. The van der Waals surface area contributed by atoms with Crippen LogP contribution in [0.2, 0.25) is 0 Å². The van der Waals surface area contributed by atoms with E-state index in [-0.39, 0.29) is 29.9 Å². The number of benzene rings is 1. The van der Waals surface area contributed by atoms with E-state index in [1.165, 1.54) is 6.20 Å². The summed E-state index contributed by atoms with van der Waals surface area (Å²) in [6, 6.07) is 7.48. The van der Waals surface area contributed by atoms with Gasteiger partial charge in [0.2, 0.25) is 5.91 Å². The lowest BCUT2D eigenvalue weighted by molar-refractivity contribution is -0.117. The summed E-state index contributed by atoms with van der Waals surface area (Å²) in [6.45, 7) is 7.69. The molecule has 8 nitrogen and oxygen atoms in total. The molecule has 1 aromatic carbocycles. The molecular formula is C24H30N4O4. The first-order valence-corrected chi connectivity index (χ1v) is 10.9. The Bertz CT molecular complexity index is 1030. The van der Waals surface area contributed by atoms with Gasteiger partial charge in [0.15, 0.2) is 0 Å². The minimum Gasteiger partial charge on any atom is -0.495 e. The van der Waals surface area contributed by atoms with Gasteiger partial charge in [0.05, 0.1) is 43.2 Å². The molecule has 1 fully saturated rings. The van der Waals surface area contributed by atoms with E-state index in [1.54, 1.807) is 18.1 Å². The van der Waals surface area contributed by atoms with Crippen molar-refractivity contribution < 1.29 is 19.1 Å². The topological polar surface area (TPSA) is 92.8 Å². The number of ether oxygens (including phenoxy) is 2. The minimum absolute atomic E-state index is 0.00628. The molecule has 0 bridgehead atoms. The zero-order valence-corrected chi connectivity index (χ0v) is 19.0. The molecule has 2 aromatic rings. The molecule has 8 heteroatoms. The monoisotopic (exact) mass is 438 g/mol. The van der Waals surface area contributed by atoms with Gasteiger partial charge in [-0.25, -0.2) is 4.98 Å². The van der Waals surface area contributed by atoms with Gasteiger partial charge in [-0.2, -0.15) is 0 Å². The van der Waals surface area contributed by atoms with Gasteiger partial charge in [-0.3, -0.25) is 9.59 Å². The lowest BCUT2D eigenvalue weighted by Gasteiger charge is -2.31. The van der Waals surface area contributed by atoms with Crippen LogP contribution < -0.4 is 20.3 Å². The van der Waals surface area contributed by atoms with Gasteiger partial charge < -0.3 is 25.0 Å². The number of hydrogen-bond donors (Lipinski definition) is 2. The fourth-order valence-electron chi connectivity index (χ4n) is 3.97. The van der Waals surface area contributed by atoms with E-state index in [2.05, 4.69) is 36.4 Å². The molecule has 0 radical (unpaired) electrons. The van der Waals surface area contributed by atoms with Crippen LogP contribution in [0, 0.1) is 0 Å². The highest BCUT2D eigenvalue weighted by Crippen LogP contribution is 2.33. The Hall–Kier alpha value is -3.13. The summed E-state index contributed by atoms with van der Waals surface area (Å²) in [6.07, 6.45) is 3.44. The highest BCUT2D eigenvalue weighted by Gasteiger charge is 2.30. The second-order valence-corrected chi connectivity index (χ2v) is 9.20. The first-order valence-electron chi connectivity index (χ1n) is 10.9. The number of methoxy groups -OCH3 is 1. The smallest absolute Gasteiger partial charge is 0.257 e. The third kappa shape index (κ3) is 4.55. The molecule has 4 rings (SSSR count). The normalized spacial score (nSPS) is 18.2. The van der Waals surface area contributed by atoms with Crippen molar-refractivity contribution in [2.75, 3.05) is 42.3 Å². The third-order valence-electron chi connectivity index (χ3n) is 5.85. The van der Waals surface area contributed by atoms with Crippen molar-refractivity contribution in [2.24, 2.45) is 0 Å². The van der Waals surface area contributed by atoms with Crippen LogP contribution in [-0.2, 0) is 14.9 Å². The van der Waals surface area contributed by atoms with Crippen LogP contribution in [0.3, 0.4) is 0 Å². The molecule has 1 atom stereocenters. The summed E-state index contributed by atoms with van der Waals surface area (Å²) < 4.78 is 11.2. The van der Waals surface area contributed by atoms with Gasteiger partial charge in [-0.15, -0.1) is 0 Å². The predicted molar refractivity (Wildman–Crippen MR) is 124 cm³/mol. The van der Waals surface area contributed by atoms with E-state index in [4.69, 9.17) is 9.47 Å². The van der Waals surface area contributed by atoms with Crippen molar-refractivity contribution in [1.82, 2.24) is 4.98 Å². The summed E-state index contributed by atoms with van der Waals surface area (Å²) in [4.78, 5) is 31.8. The molecule has 1 unspecified atom stereocenters. The molecule has 2 aliphatic rings. The lowest BCUT2D eigenvalue weighted by Crippen LogP contribution is -2.44. The molecule has 1 saturated heterocycles. The van der Waals surface area contributed by atoms with E-state index in [9.17, 15) is 9.59 Å². The maximum atomic E-state index is 13.1. The number of rotatable bonds is 5. The molecule has 170 valence electrons. The molecule has 1 aromatic heterocycles. The predicted octanol–water partition coefficient (Wildman–Crippen LogP) is 3.58. The first-order chi connectivity index (χ1) is 15.3. The number of amides is 2. The van der Waals surface area contributed by atoms with E-state index in [0.29, 0.717) is 41.7 Å². The highest BCUT2D eigenvalue weighted by atomic mass is 16.5. The number of carbonyl (C=O) groups excluding carboxylic acids is 2. The lowest BCUT2D eigenvalue weighted by atomic mass is 9.87. The number of hydrogen-bond acceptors (Lipinski definition) is 6. The van der Waals surface area contributed by atoms with Crippen LogP contribution in [0.25, 0.3) is 0 Å². The summed E-state index contributed by atoms with van der Waals surface area (Å²) >= 11 is 0. The molecule has 0 spiro atoms. The molecule has 0 aliphatic carbocycles. The van der Waals surface area contributed by atoms with Crippen LogP contribution >= 0.6 is 0 Å². The highest BCUT2D eigenvalue weighted by molar-refractivity contribution is 6.08. The fourth-order valence-corrected chi connectivity index (χ4v) is 3.97. The van der Waals surface area contributed by atoms with Crippen LogP contribution in [0.1, 0.15) is 49.5 Å². The number of anilines is 3. The average Bonchev–Trinajstić information content (AvgIpc) is 3.28. The molecule has 3 heterocycles. The quantitative estimate of drug-likeness (QED) is 0.741. The molecule has 2 aliphatic heterocycles. The Morgan fingerprint density at radius 2 is 2.16 bits per heavy atom. The van der Waals surface area contributed by atoms with E-state index < -0.39 is 0 Å². The van der Waals surface area contributed by atoms with E-state index >= 15 is 0 Å². The summed E-state index contributed by atoms with van der Waals surface area (Å²) in [5, 5.41) is 5.97. The van der Waals surface area contributed by atoms with Crippen molar-refractivity contribution in [2.45, 2.75) is 45.1 Å². The number of nitrogens with one attached hydrogen (secondary N) is 2. The Morgan fingerprint density at radius 1 is 1.34 bits per heavy atom. The van der Waals surface area contributed by atoms with Crippen LogP contribution in [-0.4, -0.2) is 49.7 Å². The standard InChI is InChI=1S/C24H30N4O4/c1-24(2,3)16-7-8-20(31-4)18(11-16)27-23(30)15-10-19-22(25-12-15)26-13-21(29)28(19)14-17-6-5-9-32-17/h7-8,10-12,17H,5-6,9,13-14H2,1-4H3,(H,25,26)(H,27,30).